The topological polar surface area (TPSA) is 58.6 Å². The zero-order valence-electron chi connectivity index (χ0n) is 16.7. The molecule has 0 unspecified atom stereocenters. The Labute approximate surface area is 162 Å². The molecule has 148 valence electrons. The molecule has 1 aromatic heterocycles. The van der Waals surface area contributed by atoms with Crippen molar-refractivity contribution in [2.75, 3.05) is 27.2 Å². The number of carbonyl (C=O) groups excluding carboxylic acids is 1. The molecule has 0 bridgehead atoms. The second-order valence-corrected chi connectivity index (χ2v) is 8.41. The van der Waals surface area contributed by atoms with Crippen LogP contribution < -0.4 is 0 Å². The van der Waals surface area contributed by atoms with Crippen molar-refractivity contribution in [3.63, 3.8) is 0 Å². The summed E-state index contributed by atoms with van der Waals surface area (Å²) in [6.07, 6.45) is 10.7. The van der Waals surface area contributed by atoms with Gasteiger partial charge in [0.25, 0.3) is 0 Å². The van der Waals surface area contributed by atoms with Gasteiger partial charge in [-0.25, -0.2) is 9.97 Å². The Kier molecular flexibility index (Phi) is 5.74. The summed E-state index contributed by atoms with van der Waals surface area (Å²) in [7, 11) is 3.94. The third kappa shape index (κ3) is 4.02. The first kappa shape index (κ1) is 18.8. The number of nitrogens with zero attached hydrogens (tertiary/aromatic N) is 4. The Balaban J connectivity index is 1.41. The van der Waals surface area contributed by atoms with Crippen LogP contribution in [-0.4, -0.2) is 59.0 Å². The van der Waals surface area contributed by atoms with Gasteiger partial charge in [-0.05, 0) is 52.1 Å². The smallest absolute Gasteiger partial charge is 0.225 e. The monoisotopic (exact) mass is 372 g/mol. The van der Waals surface area contributed by atoms with Crippen LogP contribution in [0, 0.1) is 5.92 Å². The molecule has 1 saturated carbocycles. The Hall–Kier alpha value is -1.53. The number of hydrogen-bond donors (Lipinski definition) is 0. The van der Waals surface area contributed by atoms with Crippen molar-refractivity contribution < 1.29 is 9.53 Å². The van der Waals surface area contributed by atoms with E-state index in [1.54, 1.807) is 7.11 Å². The lowest BCUT2D eigenvalue weighted by atomic mass is 9.86. The number of ether oxygens (including phenoxy) is 1. The van der Waals surface area contributed by atoms with Crippen LogP contribution in [0.25, 0.3) is 0 Å². The number of fused-ring (bicyclic) bond motifs is 1. The first-order chi connectivity index (χ1) is 13.2. The van der Waals surface area contributed by atoms with Crippen LogP contribution in [0.5, 0.6) is 0 Å². The molecule has 1 aliphatic carbocycles. The number of hydrogen-bond acceptors (Lipinski definition) is 5. The molecule has 6 nitrogen and oxygen atoms in total. The second kappa shape index (κ2) is 8.23. The highest BCUT2D eigenvalue weighted by Gasteiger charge is 2.32. The predicted octanol–water partition coefficient (Wildman–Crippen LogP) is 2.72. The van der Waals surface area contributed by atoms with Crippen LogP contribution in [-0.2, 0) is 22.5 Å². The summed E-state index contributed by atoms with van der Waals surface area (Å²) >= 11 is 0. The van der Waals surface area contributed by atoms with Gasteiger partial charge in [-0.15, -0.1) is 0 Å². The Morgan fingerprint density at radius 2 is 1.96 bits per heavy atom. The lowest BCUT2D eigenvalue weighted by Gasteiger charge is -2.35. The van der Waals surface area contributed by atoms with Gasteiger partial charge in [-0.3, -0.25) is 9.69 Å². The maximum atomic E-state index is 13.0. The highest BCUT2D eigenvalue weighted by molar-refractivity contribution is 5.79. The van der Waals surface area contributed by atoms with Crippen LogP contribution in [0.15, 0.2) is 6.20 Å². The zero-order chi connectivity index (χ0) is 18.8. The lowest BCUT2D eigenvalue weighted by molar-refractivity contribution is -0.138. The second-order valence-electron chi connectivity index (χ2n) is 8.41. The molecule has 1 saturated heterocycles. The minimum absolute atomic E-state index is 0.161. The fourth-order valence-electron chi connectivity index (χ4n) is 4.89. The van der Waals surface area contributed by atoms with E-state index in [1.165, 1.54) is 12.8 Å². The largest absolute Gasteiger partial charge is 0.381 e. The van der Waals surface area contributed by atoms with Crippen LogP contribution >= 0.6 is 0 Å². The molecule has 3 aliphatic rings. The normalized spacial score (nSPS) is 29.4. The van der Waals surface area contributed by atoms with E-state index in [2.05, 4.69) is 16.9 Å². The SMILES string of the molecule is COC1CCC(C(=O)N2CCc3nc([C@@H]4CCCCN4C)ncc3C2)CC1. The Bertz CT molecular complexity index is 672. The molecular formula is C21H32N4O2. The third-order valence-corrected chi connectivity index (χ3v) is 6.69. The summed E-state index contributed by atoms with van der Waals surface area (Å²) in [5.41, 5.74) is 2.27. The number of aromatic nitrogens is 2. The minimum atomic E-state index is 0.161. The van der Waals surface area contributed by atoms with E-state index in [4.69, 9.17) is 9.72 Å². The van der Waals surface area contributed by atoms with Gasteiger partial charge in [0, 0.05) is 44.3 Å². The van der Waals surface area contributed by atoms with E-state index >= 15 is 0 Å². The standard InChI is InChI=1S/C21H32N4O2/c1-24-11-4-3-5-19(24)20-22-13-16-14-25(12-10-18(16)23-20)21(26)15-6-8-17(27-2)9-7-15/h13,15,17,19H,3-12,14H2,1-2H3/t15?,17?,19-/m0/s1. The van der Waals surface area contributed by atoms with E-state index in [1.807, 2.05) is 11.1 Å². The molecule has 3 heterocycles. The number of carbonyl (C=O) groups is 1. The fraction of sp³-hybridized carbons (Fsp3) is 0.762. The Morgan fingerprint density at radius 3 is 2.70 bits per heavy atom. The molecule has 1 aromatic rings. The van der Waals surface area contributed by atoms with Crippen molar-refractivity contribution in [3.8, 4) is 0 Å². The third-order valence-electron chi connectivity index (χ3n) is 6.69. The average Bonchev–Trinajstić information content (AvgIpc) is 2.73. The first-order valence-electron chi connectivity index (χ1n) is 10.5. The highest BCUT2D eigenvalue weighted by atomic mass is 16.5. The summed E-state index contributed by atoms with van der Waals surface area (Å²) in [6, 6.07) is 0.347. The van der Waals surface area contributed by atoms with E-state index in [-0.39, 0.29) is 5.92 Å². The van der Waals surface area contributed by atoms with Crippen molar-refractivity contribution in [2.45, 2.75) is 70.1 Å². The molecule has 0 N–H and O–H groups in total. The number of methoxy groups -OCH3 is 1. The maximum absolute atomic E-state index is 13.0. The molecule has 1 atom stereocenters. The first-order valence-corrected chi connectivity index (χ1v) is 10.5. The quantitative estimate of drug-likeness (QED) is 0.816. The van der Waals surface area contributed by atoms with E-state index in [0.717, 1.165) is 68.7 Å². The van der Waals surface area contributed by atoms with Crippen LogP contribution in [0.1, 0.15) is 68.1 Å². The van der Waals surface area contributed by atoms with Gasteiger partial charge in [0.2, 0.25) is 5.91 Å². The number of piperidine rings is 1. The number of likely N-dealkylation sites (tertiary alicyclic amines) is 1. The number of rotatable bonds is 3. The van der Waals surface area contributed by atoms with E-state index < -0.39 is 0 Å². The zero-order valence-corrected chi connectivity index (χ0v) is 16.7. The van der Waals surface area contributed by atoms with Gasteiger partial charge >= 0.3 is 0 Å². The molecule has 27 heavy (non-hydrogen) atoms. The van der Waals surface area contributed by atoms with Crippen molar-refractivity contribution in [1.29, 1.82) is 0 Å². The van der Waals surface area contributed by atoms with E-state index in [9.17, 15) is 4.79 Å². The Morgan fingerprint density at radius 1 is 1.15 bits per heavy atom. The highest BCUT2D eigenvalue weighted by Crippen LogP contribution is 2.31. The molecule has 0 radical (unpaired) electrons. The summed E-state index contributed by atoms with van der Waals surface area (Å²) < 4.78 is 5.43. The molecule has 1 amide bonds. The lowest BCUT2D eigenvalue weighted by Crippen LogP contribution is -2.42. The van der Waals surface area contributed by atoms with Gasteiger partial charge in [0.1, 0.15) is 5.82 Å². The van der Waals surface area contributed by atoms with Crippen molar-refractivity contribution in [2.24, 2.45) is 5.92 Å². The predicted molar refractivity (Wildman–Crippen MR) is 103 cm³/mol. The molecular weight excluding hydrogens is 340 g/mol. The van der Waals surface area contributed by atoms with Crippen molar-refractivity contribution in [1.82, 2.24) is 19.8 Å². The summed E-state index contributed by atoms with van der Waals surface area (Å²) in [5.74, 6) is 1.44. The average molecular weight is 373 g/mol. The summed E-state index contributed by atoms with van der Waals surface area (Å²) in [5, 5.41) is 0. The maximum Gasteiger partial charge on any atom is 0.225 e. The summed E-state index contributed by atoms with van der Waals surface area (Å²) in [4.78, 5) is 26.9. The van der Waals surface area contributed by atoms with Crippen LogP contribution in [0.3, 0.4) is 0 Å². The van der Waals surface area contributed by atoms with Gasteiger partial charge in [0.15, 0.2) is 0 Å². The van der Waals surface area contributed by atoms with Crippen molar-refractivity contribution in [3.05, 3.63) is 23.3 Å². The molecule has 6 heteroatoms. The van der Waals surface area contributed by atoms with Gasteiger partial charge in [-0.1, -0.05) is 6.42 Å². The van der Waals surface area contributed by atoms with E-state index in [0.29, 0.717) is 24.6 Å². The van der Waals surface area contributed by atoms with Crippen LogP contribution in [0.4, 0.5) is 0 Å². The van der Waals surface area contributed by atoms with Crippen LogP contribution in [0.2, 0.25) is 0 Å². The van der Waals surface area contributed by atoms with Crippen molar-refractivity contribution >= 4 is 5.91 Å². The van der Waals surface area contributed by atoms with Gasteiger partial charge < -0.3 is 9.64 Å². The van der Waals surface area contributed by atoms with Gasteiger partial charge in [0.05, 0.1) is 17.8 Å². The molecule has 0 aromatic carbocycles. The minimum Gasteiger partial charge on any atom is -0.381 e. The van der Waals surface area contributed by atoms with Gasteiger partial charge in [-0.2, -0.15) is 0 Å². The molecule has 2 fully saturated rings. The summed E-state index contributed by atoms with van der Waals surface area (Å²) in [6.45, 7) is 2.57. The molecule has 2 aliphatic heterocycles. The fourth-order valence-corrected chi connectivity index (χ4v) is 4.89. The molecule has 0 spiro atoms. The molecule has 4 rings (SSSR count). The number of amides is 1.